The average Bonchev–Trinajstić information content (AvgIpc) is 2.47. The zero-order valence-electron chi connectivity index (χ0n) is 13.4. The summed E-state index contributed by atoms with van der Waals surface area (Å²) in [7, 11) is -1.45. The highest BCUT2D eigenvalue weighted by molar-refractivity contribution is 7.89. The molecule has 0 aliphatic carbocycles. The molecule has 0 fully saturated rings. The first-order valence-corrected chi connectivity index (χ1v) is 8.90. The van der Waals surface area contributed by atoms with Crippen LogP contribution in [0.1, 0.15) is 32.4 Å². The van der Waals surface area contributed by atoms with Gasteiger partial charge in [-0.05, 0) is 44.8 Å². The molecule has 0 amide bonds. The minimum atomic E-state index is -3.42. The zero-order valence-corrected chi connectivity index (χ0v) is 14.2. The van der Waals surface area contributed by atoms with Crippen LogP contribution in [0.25, 0.3) is 0 Å². The average molecular weight is 313 g/mol. The molecule has 1 unspecified atom stereocenters. The first-order chi connectivity index (χ1) is 9.90. The van der Waals surface area contributed by atoms with Gasteiger partial charge in [0.2, 0.25) is 10.0 Å². The number of likely N-dealkylation sites (N-methyl/N-ethyl adjacent to an activating group) is 1. The van der Waals surface area contributed by atoms with E-state index in [1.807, 2.05) is 33.0 Å². The van der Waals surface area contributed by atoms with E-state index in [1.165, 1.54) is 0 Å². The molecule has 0 aliphatic rings. The molecule has 0 saturated heterocycles. The van der Waals surface area contributed by atoms with E-state index in [2.05, 4.69) is 21.9 Å². The fourth-order valence-electron chi connectivity index (χ4n) is 1.97. The fraction of sp³-hybridized carbons (Fsp3) is 0.600. The van der Waals surface area contributed by atoms with Crippen molar-refractivity contribution in [2.45, 2.75) is 31.7 Å². The van der Waals surface area contributed by atoms with Gasteiger partial charge in [0.25, 0.3) is 0 Å². The predicted octanol–water partition coefficient (Wildman–Crippen LogP) is 1.59. The van der Waals surface area contributed by atoms with Crippen molar-refractivity contribution in [1.29, 1.82) is 0 Å². The van der Waals surface area contributed by atoms with E-state index in [-0.39, 0.29) is 6.04 Å². The molecule has 0 spiro atoms. The van der Waals surface area contributed by atoms with Crippen LogP contribution in [0.5, 0.6) is 0 Å². The maximum absolute atomic E-state index is 12.2. The van der Waals surface area contributed by atoms with Crippen LogP contribution in [0.3, 0.4) is 0 Å². The van der Waals surface area contributed by atoms with Crippen LogP contribution in [0.4, 0.5) is 0 Å². The molecule has 120 valence electrons. The van der Waals surface area contributed by atoms with Gasteiger partial charge in [0.05, 0.1) is 4.90 Å². The van der Waals surface area contributed by atoms with Gasteiger partial charge in [0.15, 0.2) is 0 Å². The van der Waals surface area contributed by atoms with Gasteiger partial charge in [0, 0.05) is 19.1 Å². The molecule has 0 saturated carbocycles. The molecule has 1 aromatic carbocycles. The predicted molar refractivity (Wildman–Crippen MR) is 86.9 cm³/mol. The largest absolute Gasteiger partial charge is 0.310 e. The third-order valence-electron chi connectivity index (χ3n) is 3.53. The number of nitrogens with one attached hydrogen (secondary N) is 2. The lowest BCUT2D eigenvalue weighted by molar-refractivity contribution is 0.358. The molecule has 0 heterocycles. The van der Waals surface area contributed by atoms with E-state index >= 15 is 0 Å². The zero-order chi connectivity index (χ0) is 15.9. The highest BCUT2D eigenvalue weighted by Crippen LogP contribution is 2.15. The Morgan fingerprint density at radius 2 is 1.81 bits per heavy atom. The summed E-state index contributed by atoms with van der Waals surface area (Å²) in [6.45, 7) is 9.05. The Morgan fingerprint density at radius 3 is 2.33 bits per heavy atom. The molecular weight excluding hydrogens is 286 g/mol. The van der Waals surface area contributed by atoms with Crippen LogP contribution in [0.2, 0.25) is 0 Å². The summed E-state index contributed by atoms with van der Waals surface area (Å²) in [5.74, 6) is 0. The molecule has 0 bridgehead atoms. The van der Waals surface area contributed by atoms with Crippen LogP contribution in [0, 0.1) is 0 Å². The van der Waals surface area contributed by atoms with Crippen molar-refractivity contribution >= 4 is 10.0 Å². The first-order valence-electron chi connectivity index (χ1n) is 7.42. The van der Waals surface area contributed by atoms with Crippen LogP contribution in [-0.2, 0) is 10.0 Å². The van der Waals surface area contributed by atoms with Crippen molar-refractivity contribution in [3.63, 3.8) is 0 Å². The van der Waals surface area contributed by atoms with Crippen molar-refractivity contribution in [3.8, 4) is 0 Å². The molecular formula is C15H27N3O2S. The van der Waals surface area contributed by atoms with Gasteiger partial charge in [-0.2, -0.15) is 0 Å². The highest BCUT2D eigenvalue weighted by atomic mass is 32.2. The second-order valence-corrected chi connectivity index (χ2v) is 6.91. The van der Waals surface area contributed by atoms with E-state index in [1.54, 1.807) is 12.1 Å². The number of sulfonamides is 1. The minimum absolute atomic E-state index is 0.220. The Bertz CT molecular complexity index is 514. The second-order valence-electron chi connectivity index (χ2n) is 5.14. The van der Waals surface area contributed by atoms with Gasteiger partial charge in [-0.15, -0.1) is 0 Å². The third kappa shape index (κ3) is 5.74. The summed E-state index contributed by atoms with van der Waals surface area (Å²) in [4.78, 5) is 2.37. The van der Waals surface area contributed by atoms with Crippen molar-refractivity contribution in [3.05, 3.63) is 29.8 Å². The first kappa shape index (κ1) is 18.1. The summed E-state index contributed by atoms with van der Waals surface area (Å²) in [6.07, 6.45) is 0. The Labute approximate surface area is 128 Å². The number of nitrogens with zero attached hydrogens (tertiary/aromatic N) is 1. The highest BCUT2D eigenvalue weighted by Gasteiger charge is 2.14. The summed E-state index contributed by atoms with van der Waals surface area (Å²) < 4.78 is 27.0. The third-order valence-corrected chi connectivity index (χ3v) is 5.00. The van der Waals surface area contributed by atoms with Gasteiger partial charge in [-0.25, -0.2) is 13.1 Å². The number of benzene rings is 1. The normalized spacial score (nSPS) is 13.6. The molecule has 1 rings (SSSR count). The lowest BCUT2D eigenvalue weighted by Gasteiger charge is -2.15. The smallest absolute Gasteiger partial charge is 0.240 e. The molecule has 2 N–H and O–H groups in total. The fourth-order valence-corrected chi connectivity index (χ4v) is 2.99. The van der Waals surface area contributed by atoms with E-state index in [0.717, 1.165) is 18.7 Å². The molecule has 0 aliphatic heterocycles. The monoisotopic (exact) mass is 313 g/mol. The number of rotatable bonds is 9. The maximum Gasteiger partial charge on any atom is 0.240 e. The maximum atomic E-state index is 12.2. The molecule has 21 heavy (non-hydrogen) atoms. The SMILES string of the molecule is CCNC(C)c1ccc(S(=O)(=O)NCCN(C)CC)cc1. The van der Waals surface area contributed by atoms with Gasteiger partial charge in [0.1, 0.15) is 0 Å². The Kier molecular flexibility index (Phi) is 7.31. The second kappa shape index (κ2) is 8.48. The summed E-state index contributed by atoms with van der Waals surface area (Å²) >= 11 is 0. The lowest BCUT2D eigenvalue weighted by Crippen LogP contribution is -2.32. The van der Waals surface area contributed by atoms with Crippen molar-refractivity contribution in [1.82, 2.24) is 14.9 Å². The molecule has 1 atom stereocenters. The lowest BCUT2D eigenvalue weighted by atomic mass is 10.1. The van der Waals surface area contributed by atoms with Gasteiger partial charge in [-0.3, -0.25) is 0 Å². The standard InChI is InChI=1S/C15H27N3O2S/c1-5-16-13(3)14-7-9-15(10-8-14)21(19,20)17-11-12-18(4)6-2/h7-10,13,16-17H,5-6,11-12H2,1-4H3. The summed E-state index contributed by atoms with van der Waals surface area (Å²) in [6, 6.07) is 7.27. The van der Waals surface area contributed by atoms with Crippen LogP contribution in [0.15, 0.2) is 29.2 Å². The Balaban J connectivity index is 2.67. The van der Waals surface area contributed by atoms with E-state index in [4.69, 9.17) is 0 Å². The van der Waals surface area contributed by atoms with E-state index in [0.29, 0.717) is 18.0 Å². The molecule has 6 heteroatoms. The van der Waals surface area contributed by atoms with Gasteiger partial charge in [-0.1, -0.05) is 26.0 Å². The molecule has 0 radical (unpaired) electrons. The van der Waals surface area contributed by atoms with Crippen molar-refractivity contribution in [2.75, 3.05) is 33.2 Å². The van der Waals surface area contributed by atoms with Crippen molar-refractivity contribution in [2.24, 2.45) is 0 Å². The van der Waals surface area contributed by atoms with Crippen LogP contribution >= 0.6 is 0 Å². The number of hydrogen-bond acceptors (Lipinski definition) is 4. The molecule has 0 aromatic heterocycles. The summed E-state index contributed by atoms with van der Waals surface area (Å²) in [5.41, 5.74) is 1.08. The van der Waals surface area contributed by atoms with Crippen molar-refractivity contribution < 1.29 is 8.42 Å². The summed E-state index contributed by atoms with van der Waals surface area (Å²) in [5, 5.41) is 3.30. The van der Waals surface area contributed by atoms with Gasteiger partial charge >= 0.3 is 0 Å². The minimum Gasteiger partial charge on any atom is -0.310 e. The Morgan fingerprint density at radius 1 is 1.19 bits per heavy atom. The van der Waals surface area contributed by atoms with Crippen LogP contribution < -0.4 is 10.0 Å². The topological polar surface area (TPSA) is 61.4 Å². The number of hydrogen-bond donors (Lipinski definition) is 2. The van der Waals surface area contributed by atoms with E-state index in [9.17, 15) is 8.42 Å². The quantitative estimate of drug-likeness (QED) is 0.727. The van der Waals surface area contributed by atoms with Crippen LogP contribution in [-0.4, -0.2) is 46.5 Å². The molecule has 1 aromatic rings. The van der Waals surface area contributed by atoms with E-state index < -0.39 is 10.0 Å². The molecule has 5 nitrogen and oxygen atoms in total. The Hall–Kier alpha value is -0.950. The van der Waals surface area contributed by atoms with Gasteiger partial charge < -0.3 is 10.2 Å².